The molecule has 0 spiro atoms. The van der Waals surface area contributed by atoms with Gasteiger partial charge in [-0.25, -0.2) is 9.48 Å². The van der Waals surface area contributed by atoms with Crippen molar-refractivity contribution in [3.63, 3.8) is 0 Å². The average Bonchev–Trinajstić information content (AvgIpc) is 3.36. The molecule has 0 radical (unpaired) electrons. The molecule has 1 aromatic carbocycles. The molecule has 0 aliphatic rings. The zero-order valence-corrected chi connectivity index (χ0v) is 16.5. The van der Waals surface area contributed by atoms with Crippen LogP contribution in [0.1, 0.15) is 23.0 Å². The number of amides is 1. The zero-order valence-electron chi connectivity index (χ0n) is 15.7. The summed E-state index contributed by atoms with van der Waals surface area (Å²) in [5, 5.41) is 8.24. The predicted molar refractivity (Wildman–Crippen MR) is 106 cm³/mol. The van der Waals surface area contributed by atoms with E-state index in [2.05, 4.69) is 5.10 Å². The van der Waals surface area contributed by atoms with Crippen molar-refractivity contribution in [3.8, 4) is 11.4 Å². The van der Waals surface area contributed by atoms with E-state index in [1.54, 1.807) is 36.4 Å². The molecule has 0 unspecified atom stereocenters. The third-order valence-corrected chi connectivity index (χ3v) is 4.68. The van der Waals surface area contributed by atoms with Crippen molar-refractivity contribution in [1.82, 2.24) is 14.7 Å². The molecule has 8 heteroatoms. The van der Waals surface area contributed by atoms with Gasteiger partial charge in [0.1, 0.15) is 0 Å². The first-order chi connectivity index (χ1) is 13.6. The number of thiophene rings is 1. The molecule has 146 valence electrons. The summed E-state index contributed by atoms with van der Waals surface area (Å²) >= 11 is 1.58. The molecule has 2 heterocycles. The van der Waals surface area contributed by atoms with Gasteiger partial charge in [-0.3, -0.25) is 4.79 Å². The maximum Gasteiger partial charge on any atom is 0.362 e. The molecule has 0 aliphatic carbocycles. The Kier molecular flexibility index (Phi) is 6.44. The lowest BCUT2D eigenvalue weighted by molar-refractivity contribution is -0.132. The standard InChI is InChI=1S/C20H21N3O4S/c1-3-26-20(25)19-17(12-23(21-19)16-7-5-4-6-8-16)27-13-18(24)22(2)11-15-9-10-28-14-15/h4-10,12,14H,3,11,13H2,1-2H3. The number of ether oxygens (including phenoxy) is 2. The highest BCUT2D eigenvalue weighted by Gasteiger charge is 2.21. The van der Waals surface area contributed by atoms with Gasteiger partial charge >= 0.3 is 5.97 Å². The molecule has 0 bridgehead atoms. The molecule has 3 rings (SSSR count). The van der Waals surface area contributed by atoms with Gasteiger partial charge in [0.05, 0.1) is 18.5 Å². The Hall–Kier alpha value is -3.13. The monoisotopic (exact) mass is 399 g/mol. The molecule has 7 nitrogen and oxygen atoms in total. The minimum Gasteiger partial charge on any atom is -0.480 e. The van der Waals surface area contributed by atoms with E-state index in [4.69, 9.17) is 9.47 Å². The number of carbonyl (C=O) groups excluding carboxylic acids is 2. The fraction of sp³-hybridized carbons (Fsp3) is 0.250. The smallest absolute Gasteiger partial charge is 0.362 e. The second kappa shape index (κ2) is 9.18. The molecule has 28 heavy (non-hydrogen) atoms. The van der Waals surface area contributed by atoms with E-state index in [0.29, 0.717) is 6.54 Å². The second-order valence-electron chi connectivity index (χ2n) is 6.01. The van der Waals surface area contributed by atoms with E-state index < -0.39 is 5.97 Å². The molecule has 0 aliphatic heterocycles. The van der Waals surface area contributed by atoms with Crippen LogP contribution < -0.4 is 4.74 Å². The third-order valence-electron chi connectivity index (χ3n) is 3.95. The van der Waals surface area contributed by atoms with Crippen molar-refractivity contribution in [1.29, 1.82) is 0 Å². The van der Waals surface area contributed by atoms with Crippen molar-refractivity contribution in [2.75, 3.05) is 20.3 Å². The maximum atomic E-state index is 12.4. The molecular formula is C20H21N3O4S. The summed E-state index contributed by atoms with van der Waals surface area (Å²) in [6.07, 6.45) is 1.58. The highest BCUT2D eigenvalue weighted by atomic mass is 32.1. The van der Waals surface area contributed by atoms with Crippen LogP contribution in [0.15, 0.2) is 53.4 Å². The van der Waals surface area contributed by atoms with Crippen LogP contribution in [0.4, 0.5) is 0 Å². The number of para-hydroxylation sites is 1. The minimum atomic E-state index is -0.591. The van der Waals surface area contributed by atoms with Gasteiger partial charge in [0, 0.05) is 13.6 Å². The fourth-order valence-electron chi connectivity index (χ4n) is 2.51. The summed E-state index contributed by atoms with van der Waals surface area (Å²) in [7, 11) is 1.71. The Morgan fingerprint density at radius 3 is 2.68 bits per heavy atom. The quantitative estimate of drug-likeness (QED) is 0.544. The van der Waals surface area contributed by atoms with Crippen LogP contribution in [0.3, 0.4) is 0 Å². The molecule has 0 saturated heterocycles. The van der Waals surface area contributed by atoms with Crippen molar-refractivity contribution >= 4 is 23.2 Å². The lowest BCUT2D eigenvalue weighted by atomic mass is 10.3. The van der Waals surface area contributed by atoms with Crippen LogP contribution in [0.25, 0.3) is 5.69 Å². The van der Waals surface area contributed by atoms with E-state index in [1.165, 1.54) is 4.68 Å². The molecule has 1 amide bonds. The Balaban J connectivity index is 1.73. The van der Waals surface area contributed by atoms with E-state index >= 15 is 0 Å². The van der Waals surface area contributed by atoms with E-state index in [0.717, 1.165) is 11.3 Å². The number of likely N-dealkylation sites (N-methyl/N-ethyl adjacent to an activating group) is 1. The van der Waals surface area contributed by atoms with Gasteiger partial charge in [-0.2, -0.15) is 16.4 Å². The number of nitrogens with zero attached hydrogens (tertiary/aromatic N) is 3. The summed E-state index contributed by atoms with van der Waals surface area (Å²) in [6.45, 7) is 2.24. The molecule has 0 atom stereocenters. The largest absolute Gasteiger partial charge is 0.480 e. The number of aromatic nitrogens is 2. The zero-order chi connectivity index (χ0) is 19.9. The summed E-state index contributed by atoms with van der Waals surface area (Å²) in [4.78, 5) is 26.2. The molecular weight excluding hydrogens is 378 g/mol. The number of benzene rings is 1. The van der Waals surface area contributed by atoms with E-state index in [-0.39, 0.29) is 30.6 Å². The fourth-order valence-corrected chi connectivity index (χ4v) is 3.17. The lowest BCUT2D eigenvalue weighted by Crippen LogP contribution is -2.31. The number of hydrogen-bond donors (Lipinski definition) is 0. The third kappa shape index (κ3) is 4.77. The Morgan fingerprint density at radius 1 is 1.21 bits per heavy atom. The number of carbonyl (C=O) groups is 2. The van der Waals surface area contributed by atoms with Gasteiger partial charge in [-0.1, -0.05) is 18.2 Å². The molecule has 2 aromatic heterocycles. The van der Waals surface area contributed by atoms with E-state index in [9.17, 15) is 9.59 Å². The van der Waals surface area contributed by atoms with Crippen LogP contribution in [-0.2, 0) is 16.1 Å². The van der Waals surface area contributed by atoms with Gasteiger partial charge < -0.3 is 14.4 Å². The first kappa shape index (κ1) is 19.6. The highest BCUT2D eigenvalue weighted by Crippen LogP contribution is 2.21. The Morgan fingerprint density at radius 2 is 2.00 bits per heavy atom. The first-order valence-corrected chi connectivity index (χ1v) is 9.72. The summed E-state index contributed by atoms with van der Waals surface area (Å²) in [6, 6.07) is 11.3. The SMILES string of the molecule is CCOC(=O)c1nn(-c2ccccc2)cc1OCC(=O)N(C)Cc1ccsc1. The van der Waals surface area contributed by atoms with E-state index in [1.807, 2.05) is 47.2 Å². The number of rotatable bonds is 8. The molecule has 0 saturated carbocycles. The summed E-state index contributed by atoms with van der Waals surface area (Å²) in [5.74, 6) is -0.584. The average molecular weight is 399 g/mol. The lowest BCUT2D eigenvalue weighted by Gasteiger charge is -2.16. The highest BCUT2D eigenvalue weighted by molar-refractivity contribution is 7.07. The molecule has 0 N–H and O–H groups in total. The van der Waals surface area contributed by atoms with Gasteiger partial charge in [-0.05, 0) is 41.4 Å². The molecule has 0 fully saturated rings. The number of esters is 1. The Bertz CT molecular complexity index is 922. The Labute approximate surface area is 167 Å². The second-order valence-corrected chi connectivity index (χ2v) is 6.79. The normalized spacial score (nSPS) is 10.5. The van der Waals surface area contributed by atoms with Crippen molar-refractivity contribution in [2.24, 2.45) is 0 Å². The number of hydrogen-bond acceptors (Lipinski definition) is 6. The minimum absolute atomic E-state index is 0.0407. The van der Waals surface area contributed by atoms with Crippen LogP contribution in [-0.4, -0.2) is 46.8 Å². The molecule has 3 aromatic rings. The van der Waals surface area contributed by atoms with Gasteiger partial charge in [-0.15, -0.1) is 0 Å². The van der Waals surface area contributed by atoms with Gasteiger partial charge in [0.2, 0.25) is 5.69 Å². The van der Waals surface area contributed by atoms with Crippen LogP contribution in [0, 0.1) is 0 Å². The van der Waals surface area contributed by atoms with Crippen molar-refractivity contribution in [3.05, 3.63) is 64.6 Å². The summed E-state index contributed by atoms with van der Waals surface area (Å²) < 4.78 is 12.2. The van der Waals surface area contributed by atoms with Gasteiger partial charge in [0.15, 0.2) is 12.4 Å². The first-order valence-electron chi connectivity index (χ1n) is 8.78. The topological polar surface area (TPSA) is 73.7 Å². The van der Waals surface area contributed by atoms with Crippen LogP contribution in [0.2, 0.25) is 0 Å². The van der Waals surface area contributed by atoms with Crippen LogP contribution >= 0.6 is 11.3 Å². The van der Waals surface area contributed by atoms with Crippen molar-refractivity contribution in [2.45, 2.75) is 13.5 Å². The predicted octanol–water partition coefficient (Wildman–Crippen LogP) is 3.15. The van der Waals surface area contributed by atoms with Gasteiger partial charge in [0.25, 0.3) is 5.91 Å². The maximum absolute atomic E-state index is 12.4. The summed E-state index contributed by atoms with van der Waals surface area (Å²) in [5.41, 5.74) is 1.87. The van der Waals surface area contributed by atoms with Crippen LogP contribution in [0.5, 0.6) is 5.75 Å². The van der Waals surface area contributed by atoms with Crippen molar-refractivity contribution < 1.29 is 19.1 Å².